The van der Waals surface area contributed by atoms with Gasteiger partial charge in [-0.05, 0) is 30.5 Å². The normalized spacial score (nSPS) is 21.4. The molecule has 0 saturated carbocycles. The second-order valence-corrected chi connectivity index (χ2v) is 6.33. The zero-order valence-electron chi connectivity index (χ0n) is 10.7. The van der Waals surface area contributed by atoms with Crippen LogP contribution in [-0.4, -0.2) is 42.0 Å². The van der Waals surface area contributed by atoms with Gasteiger partial charge in [0, 0.05) is 31.5 Å². The summed E-state index contributed by atoms with van der Waals surface area (Å²) in [5.41, 5.74) is 0.858. The van der Waals surface area contributed by atoms with Crippen LogP contribution in [0.25, 0.3) is 0 Å². The van der Waals surface area contributed by atoms with Crippen molar-refractivity contribution in [2.75, 3.05) is 13.2 Å². The maximum absolute atomic E-state index is 12.2. The van der Waals surface area contributed by atoms with Crippen LogP contribution in [0, 0.1) is 0 Å². The Labute approximate surface area is 113 Å². The number of hydrogen-bond acceptors (Lipinski definition) is 4. The Morgan fingerprint density at radius 1 is 1.37 bits per heavy atom. The molecule has 2 N–H and O–H groups in total. The predicted octanol–water partition coefficient (Wildman–Crippen LogP) is 0.263. The van der Waals surface area contributed by atoms with Crippen molar-refractivity contribution in [3.05, 3.63) is 30.1 Å². The fourth-order valence-electron chi connectivity index (χ4n) is 2.23. The maximum atomic E-state index is 12.2. The highest BCUT2D eigenvalue weighted by Crippen LogP contribution is 2.19. The van der Waals surface area contributed by atoms with Crippen LogP contribution in [-0.2, 0) is 16.8 Å². The van der Waals surface area contributed by atoms with Crippen molar-refractivity contribution in [3.63, 3.8) is 0 Å². The van der Waals surface area contributed by atoms with Gasteiger partial charge in [0.25, 0.3) is 10.2 Å². The van der Waals surface area contributed by atoms with Crippen molar-refractivity contribution in [2.24, 2.45) is 0 Å². The van der Waals surface area contributed by atoms with E-state index in [4.69, 9.17) is 0 Å². The van der Waals surface area contributed by atoms with E-state index in [9.17, 15) is 13.5 Å². The first kappa shape index (κ1) is 14.4. The summed E-state index contributed by atoms with van der Waals surface area (Å²) in [6.07, 6.45) is 5.77. The van der Waals surface area contributed by atoms with Gasteiger partial charge in [-0.2, -0.15) is 17.4 Å². The number of nitrogens with zero attached hydrogens (tertiary/aromatic N) is 2. The van der Waals surface area contributed by atoms with E-state index in [0.29, 0.717) is 13.0 Å². The number of pyridine rings is 1. The van der Waals surface area contributed by atoms with Crippen molar-refractivity contribution in [3.8, 4) is 0 Å². The van der Waals surface area contributed by atoms with Crippen molar-refractivity contribution in [2.45, 2.75) is 31.8 Å². The molecular weight excluding hydrogens is 266 g/mol. The molecule has 1 aliphatic rings. The van der Waals surface area contributed by atoms with Crippen molar-refractivity contribution in [1.29, 1.82) is 0 Å². The van der Waals surface area contributed by atoms with Crippen molar-refractivity contribution >= 4 is 10.2 Å². The van der Waals surface area contributed by atoms with Gasteiger partial charge in [-0.1, -0.05) is 6.42 Å². The second kappa shape index (κ2) is 6.42. The Balaban J connectivity index is 2.01. The first-order chi connectivity index (χ1) is 9.13. The molecule has 0 aromatic carbocycles. The lowest BCUT2D eigenvalue weighted by molar-refractivity contribution is 0.154. The molecule has 0 amide bonds. The molecule has 0 bridgehead atoms. The monoisotopic (exact) mass is 285 g/mol. The lowest BCUT2D eigenvalue weighted by Gasteiger charge is -2.33. The molecule has 0 spiro atoms. The zero-order chi connectivity index (χ0) is 13.7. The molecule has 0 aliphatic carbocycles. The fraction of sp³-hybridized carbons (Fsp3) is 0.583. The minimum Gasteiger partial charge on any atom is -0.395 e. The van der Waals surface area contributed by atoms with Crippen LogP contribution < -0.4 is 4.72 Å². The molecular formula is C12H19N3O3S. The van der Waals surface area contributed by atoms with Crippen molar-refractivity contribution in [1.82, 2.24) is 14.0 Å². The molecule has 2 rings (SSSR count). The van der Waals surface area contributed by atoms with Gasteiger partial charge in [0.15, 0.2) is 0 Å². The van der Waals surface area contributed by atoms with Gasteiger partial charge in [0.05, 0.1) is 6.61 Å². The van der Waals surface area contributed by atoms with E-state index in [-0.39, 0.29) is 19.2 Å². The largest absolute Gasteiger partial charge is 0.395 e. The zero-order valence-corrected chi connectivity index (χ0v) is 11.5. The first-order valence-corrected chi connectivity index (χ1v) is 7.83. The number of nitrogens with one attached hydrogen (secondary N) is 1. The standard InChI is InChI=1S/C12H19N3O3S/c16-10-12-3-1-2-8-15(12)19(17,18)14-9-11-4-6-13-7-5-11/h4-7,12,14,16H,1-3,8-10H2. The van der Waals surface area contributed by atoms with Gasteiger partial charge in [-0.3, -0.25) is 4.98 Å². The summed E-state index contributed by atoms with van der Waals surface area (Å²) in [5, 5.41) is 9.27. The molecule has 19 heavy (non-hydrogen) atoms. The summed E-state index contributed by atoms with van der Waals surface area (Å²) in [7, 11) is -3.54. The van der Waals surface area contributed by atoms with Crippen LogP contribution >= 0.6 is 0 Å². The summed E-state index contributed by atoms with van der Waals surface area (Å²) in [4.78, 5) is 3.88. The average Bonchev–Trinajstić information content (AvgIpc) is 2.46. The van der Waals surface area contributed by atoms with Crippen LogP contribution in [0.3, 0.4) is 0 Å². The van der Waals surface area contributed by atoms with E-state index in [1.165, 1.54) is 4.31 Å². The topological polar surface area (TPSA) is 82.5 Å². The Kier molecular flexibility index (Phi) is 4.87. The Morgan fingerprint density at radius 2 is 2.11 bits per heavy atom. The highest BCUT2D eigenvalue weighted by molar-refractivity contribution is 7.87. The number of hydrogen-bond donors (Lipinski definition) is 2. The van der Waals surface area contributed by atoms with E-state index in [2.05, 4.69) is 9.71 Å². The van der Waals surface area contributed by atoms with Crippen LogP contribution in [0.1, 0.15) is 24.8 Å². The predicted molar refractivity (Wildman–Crippen MR) is 71.4 cm³/mol. The first-order valence-electron chi connectivity index (χ1n) is 6.39. The number of aromatic nitrogens is 1. The summed E-state index contributed by atoms with van der Waals surface area (Å²) in [6, 6.07) is 3.23. The molecule has 1 aromatic rings. The van der Waals surface area contributed by atoms with E-state index in [0.717, 1.165) is 18.4 Å². The molecule has 7 heteroatoms. The van der Waals surface area contributed by atoms with E-state index < -0.39 is 10.2 Å². The summed E-state index contributed by atoms with van der Waals surface area (Å²) in [6.45, 7) is 0.576. The van der Waals surface area contributed by atoms with Crippen LogP contribution in [0.15, 0.2) is 24.5 Å². The lowest BCUT2D eigenvalue weighted by Crippen LogP contribution is -2.50. The molecule has 106 valence electrons. The molecule has 1 aromatic heterocycles. The lowest BCUT2D eigenvalue weighted by atomic mass is 10.1. The third-order valence-corrected chi connectivity index (χ3v) is 4.91. The summed E-state index contributed by atoms with van der Waals surface area (Å²) >= 11 is 0. The average molecular weight is 285 g/mol. The van der Waals surface area contributed by atoms with Crippen LogP contribution in [0.2, 0.25) is 0 Å². The second-order valence-electron chi connectivity index (χ2n) is 4.62. The van der Waals surface area contributed by atoms with Crippen molar-refractivity contribution < 1.29 is 13.5 Å². The van der Waals surface area contributed by atoms with Crippen LogP contribution in [0.5, 0.6) is 0 Å². The van der Waals surface area contributed by atoms with E-state index in [1.54, 1.807) is 24.5 Å². The quantitative estimate of drug-likeness (QED) is 0.813. The van der Waals surface area contributed by atoms with Gasteiger partial charge in [-0.15, -0.1) is 0 Å². The molecule has 1 fully saturated rings. The minimum atomic E-state index is -3.54. The number of rotatable bonds is 5. The minimum absolute atomic E-state index is 0.129. The maximum Gasteiger partial charge on any atom is 0.280 e. The van der Waals surface area contributed by atoms with Gasteiger partial charge < -0.3 is 5.11 Å². The van der Waals surface area contributed by atoms with Gasteiger partial charge in [-0.25, -0.2) is 0 Å². The highest BCUT2D eigenvalue weighted by atomic mass is 32.2. The van der Waals surface area contributed by atoms with Gasteiger partial charge in [0.1, 0.15) is 0 Å². The molecule has 1 unspecified atom stereocenters. The molecule has 0 radical (unpaired) electrons. The number of aliphatic hydroxyl groups is 1. The summed E-state index contributed by atoms with van der Waals surface area (Å²) < 4.78 is 28.4. The Bertz CT molecular complexity index is 492. The van der Waals surface area contributed by atoms with Gasteiger partial charge >= 0.3 is 0 Å². The SMILES string of the molecule is O=S(=O)(NCc1ccncc1)N1CCCCC1CO. The third kappa shape index (κ3) is 3.73. The fourth-order valence-corrected chi connectivity index (χ4v) is 3.68. The molecule has 1 atom stereocenters. The molecule has 1 aliphatic heterocycles. The van der Waals surface area contributed by atoms with Crippen LogP contribution in [0.4, 0.5) is 0 Å². The number of piperidine rings is 1. The Hall–Kier alpha value is -1.02. The van der Waals surface area contributed by atoms with E-state index >= 15 is 0 Å². The van der Waals surface area contributed by atoms with E-state index in [1.807, 2.05) is 0 Å². The summed E-state index contributed by atoms with van der Waals surface area (Å²) in [5.74, 6) is 0. The highest BCUT2D eigenvalue weighted by Gasteiger charge is 2.31. The molecule has 6 nitrogen and oxygen atoms in total. The van der Waals surface area contributed by atoms with Gasteiger partial charge in [0.2, 0.25) is 0 Å². The smallest absolute Gasteiger partial charge is 0.280 e. The molecule has 2 heterocycles. The Morgan fingerprint density at radius 3 is 2.79 bits per heavy atom. The third-order valence-electron chi connectivity index (χ3n) is 3.30. The molecule has 1 saturated heterocycles. The number of aliphatic hydroxyl groups excluding tert-OH is 1.